The van der Waals surface area contributed by atoms with E-state index in [0.717, 1.165) is 25.2 Å². The van der Waals surface area contributed by atoms with E-state index < -0.39 is 0 Å². The Morgan fingerprint density at radius 3 is 3.10 bits per heavy atom. The van der Waals surface area contributed by atoms with Gasteiger partial charge in [-0.05, 0) is 32.2 Å². The predicted molar refractivity (Wildman–Crippen MR) is 78.2 cm³/mol. The van der Waals surface area contributed by atoms with Crippen LogP contribution in [0.15, 0.2) is 18.6 Å². The molecule has 106 valence electrons. The maximum absolute atomic E-state index is 4.73. The SMILES string of the molecule is CCCNC1CCCCc2nc(-c3ncc[nH]3)ncc21. The zero-order chi connectivity index (χ0) is 13.8. The molecule has 20 heavy (non-hydrogen) atoms. The highest BCUT2D eigenvalue weighted by Gasteiger charge is 2.20. The molecule has 0 aliphatic heterocycles. The smallest absolute Gasteiger partial charge is 0.195 e. The van der Waals surface area contributed by atoms with E-state index in [-0.39, 0.29) is 0 Å². The number of rotatable bonds is 4. The molecular weight excluding hydrogens is 250 g/mol. The molecule has 2 heterocycles. The van der Waals surface area contributed by atoms with Crippen LogP contribution in [0.4, 0.5) is 0 Å². The molecule has 1 aliphatic carbocycles. The molecule has 2 aromatic heterocycles. The number of hydrogen-bond donors (Lipinski definition) is 2. The van der Waals surface area contributed by atoms with Crippen LogP contribution < -0.4 is 5.32 Å². The minimum Gasteiger partial charge on any atom is -0.342 e. The van der Waals surface area contributed by atoms with E-state index in [2.05, 4.69) is 27.2 Å². The van der Waals surface area contributed by atoms with Gasteiger partial charge >= 0.3 is 0 Å². The summed E-state index contributed by atoms with van der Waals surface area (Å²) in [6, 6.07) is 0.401. The highest BCUT2D eigenvalue weighted by atomic mass is 15.0. The van der Waals surface area contributed by atoms with Crippen molar-refractivity contribution in [3.63, 3.8) is 0 Å². The van der Waals surface area contributed by atoms with Crippen LogP contribution in [-0.2, 0) is 6.42 Å². The number of aryl methyl sites for hydroxylation is 1. The molecule has 1 unspecified atom stereocenters. The molecule has 1 atom stereocenters. The highest BCUT2D eigenvalue weighted by Crippen LogP contribution is 2.28. The summed E-state index contributed by atoms with van der Waals surface area (Å²) >= 11 is 0. The lowest BCUT2D eigenvalue weighted by Crippen LogP contribution is -2.23. The number of hydrogen-bond acceptors (Lipinski definition) is 4. The quantitative estimate of drug-likeness (QED) is 0.839. The van der Waals surface area contributed by atoms with E-state index in [4.69, 9.17) is 4.98 Å². The maximum Gasteiger partial charge on any atom is 0.195 e. The van der Waals surface area contributed by atoms with Gasteiger partial charge in [-0.25, -0.2) is 15.0 Å². The van der Waals surface area contributed by atoms with Crippen LogP contribution in [0.2, 0.25) is 0 Å². The molecule has 3 rings (SSSR count). The topological polar surface area (TPSA) is 66.5 Å². The first-order valence-electron chi connectivity index (χ1n) is 7.47. The van der Waals surface area contributed by atoms with Gasteiger partial charge in [-0.3, -0.25) is 0 Å². The van der Waals surface area contributed by atoms with E-state index in [1.807, 2.05) is 6.20 Å². The van der Waals surface area contributed by atoms with Gasteiger partial charge in [0.1, 0.15) is 0 Å². The Morgan fingerprint density at radius 1 is 1.35 bits per heavy atom. The molecule has 5 nitrogen and oxygen atoms in total. The summed E-state index contributed by atoms with van der Waals surface area (Å²) in [5.74, 6) is 1.44. The Labute approximate surface area is 119 Å². The van der Waals surface area contributed by atoms with Crippen molar-refractivity contribution in [2.75, 3.05) is 6.54 Å². The first-order chi connectivity index (χ1) is 9.88. The van der Waals surface area contributed by atoms with Gasteiger partial charge in [-0.15, -0.1) is 0 Å². The van der Waals surface area contributed by atoms with Gasteiger partial charge in [0.2, 0.25) is 0 Å². The van der Waals surface area contributed by atoms with Gasteiger partial charge in [0.15, 0.2) is 11.6 Å². The van der Waals surface area contributed by atoms with Gasteiger partial charge in [-0.2, -0.15) is 0 Å². The number of nitrogens with one attached hydrogen (secondary N) is 2. The van der Waals surface area contributed by atoms with Crippen LogP contribution in [0.3, 0.4) is 0 Å². The van der Waals surface area contributed by atoms with E-state index >= 15 is 0 Å². The molecule has 1 aliphatic rings. The van der Waals surface area contributed by atoms with Crippen molar-refractivity contribution in [1.29, 1.82) is 0 Å². The van der Waals surface area contributed by atoms with E-state index in [1.165, 1.54) is 30.5 Å². The lowest BCUT2D eigenvalue weighted by Gasteiger charge is -2.18. The monoisotopic (exact) mass is 271 g/mol. The van der Waals surface area contributed by atoms with Gasteiger partial charge in [0.25, 0.3) is 0 Å². The lowest BCUT2D eigenvalue weighted by molar-refractivity contribution is 0.488. The number of H-pyrrole nitrogens is 1. The molecule has 0 bridgehead atoms. The molecule has 0 fully saturated rings. The summed E-state index contributed by atoms with van der Waals surface area (Å²) in [4.78, 5) is 16.5. The van der Waals surface area contributed by atoms with E-state index in [0.29, 0.717) is 11.9 Å². The Balaban J connectivity index is 1.91. The lowest BCUT2D eigenvalue weighted by atomic mass is 10.0. The zero-order valence-electron chi connectivity index (χ0n) is 11.9. The molecule has 0 radical (unpaired) electrons. The fourth-order valence-electron chi connectivity index (χ4n) is 2.75. The zero-order valence-corrected chi connectivity index (χ0v) is 11.9. The molecule has 2 aromatic rings. The number of nitrogens with zero attached hydrogens (tertiary/aromatic N) is 3. The first-order valence-corrected chi connectivity index (χ1v) is 7.47. The average Bonchev–Trinajstić information content (AvgIpc) is 2.94. The molecule has 0 amide bonds. The van der Waals surface area contributed by atoms with Crippen LogP contribution in [-0.4, -0.2) is 26.5 Å². The molecule has 5 heteroatoms. The van der Waals surface area contributed by atoms with Crippen molar-refractivity contribution in [3.05, 3.63) is 29.8 Å². The Bertz CT molecular complexity index is 549. The van der Waals surface area contributed by atoms with Crippen LogP contribution >= 0.6 is 0 Å². The van der Waals surface area contributed by atoms with Crippen LogP contribution in [0.5, 0.6) is 0 Å². The Kier molecular flexibility index (Phi) is 4.06. The fraction of sp³-hybridized carbons (Fsp3) is 0.533. The normalized spacial score (nSPS) is 18.6. The summed E-state index contributed by atoms with van der Waals surface area (Å²) in [6.07, 6.45) is 11.3. The number of imidazole rings is 1. The van der Waals surface area contributed by atoms with Crippen molar-refractivity contribution >= 4 is 0 Å². The van der Waals surface area contributed by atoms with Crippen molar-refractivity contribution in [2.24, 2.45) is 0 Å². The average molecular weight is 271 g/mol. The number of aromatic nitrogens is 4. The second-order valence-electron chi connectivity index (χ2n) is 5.29. The van der Waals surface area contributed by atoms with Gasteiger partial charge in [0, 0.05) is 35.9 Å². The van der Waals surface area contributed by atoms with Crippen LogP contribution in [0.25, 0.3) is 11.6 Å². The molecule has 0 spiro atoms. The minimum atomic E-state index is 0.401. The Hall–Kier alpha value is -1.75. The summed E-state index contributed by atoms with van der Waals surface area (Å²) in [6.45, 7) is 3.24. The van der Waals surface area contributed by atoms with Crippen molar-refractivity contribution in [3.8, 4) is 11.6 Å². The number of fused-ring (bicyclic) bond motifs is 1. The molecule has 2 N–H and O–H groups in total. The van der Waals surface area contributed by atoms with E-state index in [1.54, 1.807) is 12.4 Å². The van der Waals surface area contributed by atoms with Crippen molar-refractivity contribution in [2.45, 2.75) is 45.1 Å². The van der Waals surface area contributed by atoms with Crippen LogP contribution in [0, 0.1) is 0 Å². The largest absolute Gasteiger partial charge is 0.342 e. The summed E-state index contributed by atoms with van der Waals surface area (Å²) in [7, 11) is 0. The fourth-order valence-corrected chi connectivity index (χ4v) is 2.75. The molecule has 0 saturated carbocycles. The Morgan fingerprint density at radius 2 is 2.30 bits per heavy atom. The summed E-state index contributed by atoms with van der Waals surface area (Å²) in [5.41, 5.74) is 2.45. The van der Waals surface area contributed by atoms with Gasteiger partial charge in [-0.1, -0.05) is 13.3 Å². The molecule has 0 saturated heterocycles. The third-order valence-corrected chi connectivity index (χ3v) is 3.78. The predicted octanol–water partition coefficient (Wildman–Crippen LogP) is 2.63. The number of aromatic amines is 1. The standard InChI is InChI=1S/C15H21N5/c1-2-7-16-12-5-3-4-6-13-11(12)10-19-15(20-13)14-17-8-9-18-14/h8-10,12,16H,2-7H2,1H3,(H,17,18). The van der Waals surface area contributed by atoms with Gasteiger partial charge in [0.05, 0.1) is 0 Å². The minimum absolute atomic E-state index is 0.401. The second-order valence-corrected chi connectivity index (χ2v) is 5.29. The van der Waals surface area contributed by atoms with E-state index in [9.17, 15) is 0 Å². The summed E-state index contributed by atoms with van der Waals surface area (Å²) < 4.78 is 0. The molecule has 0 aromatic carbocycles. The van der Waals surface area contributed by atoms with Crippen LogP contribution in [0.1, 0.15) is 49.9 Å². The third kappa shape index (κ3) is 2.72. The third-order valence-electron chi connectivity index (χ3n) is 3.78. The maximum atomic E-state index is 4.73. The van der Waals surface area contributed by atoms with Crippen molar-refractivity contribution in [1.82, 2.24) is 25.3 Å². The van der Waals surface area contributed by atoms with Crippen molar-refractivity contribution < 1.29 is 0 Å². The highest BCUT2D eigenvalue weighted by molar-refractivity contribution is 5.44. The summed E-state index contributed by atoms with van der Waals surface area (Å²) in [5, 5.41) is 3.62. The molecular formula is C15H21N5. The first kappa shape index (κ1) is 13.2. The second kappa shape index (κ2) is 6.13. The van der Waals surface area contributed by atoms with Gasteiger partial charge < -0.3 is 10.3 Å².